The lowest BCUT2D eigenvalue weighted by Crippen LogP contribution is -2.39. The smallest absolute Gasteiger partial charge is 0.322 e. The topological polar surface area (TPSA) is 37.3 Å². The number of aryl methyl sites for hydroxylation is 3. The number of benzene rings is 2. The summed E-state index contributed by atoms with van der Waals surface area (Å²) in [5.74, 6) is 0. The van der Waals surface area contributed by atoms with Crippen LogP contribution in [0.5, 0.6) is 0 Å². The molecule has 0 spiro atoms. The molecule has 25 heavy (non-hydrogen) atoms. The van der Waals surface area contributed by atoms with Crippen molar-refractivity contribution in [1.29, 1.82) is 0 Å². The second-order valence-electron chi connectivity index (χ2n) is 6.92. The second kappa shape index (κ2) is 5.96. The molecule has 1 N–H and O–H groups in total. The van der Waals surface area contributed by atoms with E-state index in [0.717, 1.165) is 24.2 Å². The highest BCUT2D eigenvalue weighted by atomic mass is 16.2. The average Bonchev–Trinajstić information content (AvgIpc) is 2.90. The molecule has 4 rings (SSSR count). The minimum absolute atomic E-state index is 0.0227. The molecule has 2 amide bonds. The van der Waals surface area contributed by atoms with Crippen molar-refractivity contribution in [3.8, 4) is 0 Å². The lowest BCUT2D eigenvalue weighted by molar-refractivity contribution is 0.206. The van der Waals surface area contributed by atoms with Gasteiger partial charge in [0.1, 0.15) is 0 Å². The summed E-state index contributed by atoms with van der Waals surface area (Å²) < 4.78 is 2.27. The maximum Gasteiger partial charge on any atom is 0.322 e. The van der Waals surface area contributed by atoms with E-state index in [2.05, 4.69) is 54.2 Å². The van der Waals surface area contributed by atoms with Crippen LogP contribution in [0.25, 0.3) is 10.9 Å². The first kappa shape index (κ1) is 15.8. The maximum absolute atomic E-state index is 12.8. The van der Waals surface area contributed by atoms with Gasteiger partial charge in [0.25, 0.3) is 0 Å². The Morgan fingerprint density at radius 1 is 1.12 bits per heavy atom. The molecule has 1 aliphatic heterocycles. The van der Waals surface area contributed by atoms with Crippen LogP contribution in [0.1, 0.15) is 22.4 Å². The number of aromatic nitrogens is 1. The third kappa shape index (κ3) is 2.68. The van der Waals surface area contributed by atoms with Crippen molar-refractivity contribution < 1.29 is 4.79 Å². The van der Waals surface area contributed by atoms with E-state index in [4.69, 9.17) is 0 Å². The zero-order valence-electron chi connectivity index (χ0n) is 15.0. The van der Waals surface area contributed by atoms with Gasteiger partial charge in [-0.1, -0.05) is 35.9 Å². The van der Waals surface area contributed by atoms with Crippen molar-refractivity contribution in [3.05, 3.63) is 64.8 Å². The Hall–Kier alpha value is -2.75. The van der Waals surface area contributed by atoms with Crippen LogP contribution in [0.4, 0.5) is 10.5 Å². The predicted octanol–water partition coefficient (Wildman–Crippen LogP) is 4.39. The third-order valence-electron chi connectivity index (χ3n) is 5.22. The monoisotopic (exact) mass is 333 g/mol. The number of carbonyl (C=O) groups excluding carboxylic acids is 1. The minimum Gasteiger partial charge on any atom is -0.347 e. The summed E-state index contributed by atoms with van der Waals surface area (Å²) in [6.07, 6.45) is 0.890. The zero-order valence-corrected chi connectivity index (χ0v) is 15.0. The summed E-state index contributed by atoms with van der Waals surface area (Å²) in [6, 6.07) is 14.5. The molecule has 1 aromatic heterocycles. The molecule has 1 aliphatic rings. The summed E-state index contributed by atoms with van der Waals surface area (Å²) in [5, 5.41) is 4.33. The highest BCUT2D eigenvalue weighted by molar-refractivity contribution is 5.91. The Balaban J connectivity index is 1.60. The number of urea groups is 1. The molecule has 4 nitrogen and oxygen atoms in total. The van der Waals surface area contributed by atoms with Crippen LogP contribution in [-0.4, -0.2) is 22.0 Å². The van der Waals surface area contributed by atoms with Gasteiger partial charge in [-0.05, 0) is 31.5 Å². The Labute approximate surface area is 148 Å². The Morgan fingerprint density at radius 3 is 2.72 bits per heavy atom. The minimum atomic E-state index is -0.0227. The van der Waals surface area contributed by atoms with E-state index < -0.39 is 0 Å². The lowest BCUT2D eigenvalue weighted by Gasteiger charge is -2.28. The average molecular weight is 333 g/mol. The number of anilines is 1. The predicted molar refractivity (Wildman–Crippen MR) is 102 cm³/mol. The Bertz CT molecular complexity index is 971. The van der Waals surface area contributed by atoms with Gasteiger partial charge in [-0.3, -0.25) is 0 Å². The number of nitrogens with one attached hydrogen (secondary N) is 1. The van der Waals surface area contributed by atoms with Crippen molar-refractivity contribution in [2.45, 2.75) is 26.8 Å². The van der Waals surface area contributed by atoms with E-state index >= 15 is 0 Å². The molecular weight excluding hydrogens is 310 g/mol. The van der Waals surface area contributed by atoms with Crippen LogP contribution >= 0.6 is 0 Å². The summed E-state index contributed by atoms with van der Waals surface area (Å²) in [6.45, 7) is 5.49. The highest BCUT2D eigenvalue weighted by Crippen LogP contribution is 2.30. The largest absolute Gasteiger partial charge is 0.347 e. The number of nitrogens with zero attached hydrogens (tertiary/aromatic N) is 2. The van der Waals surface area contributed by atoms with Crippen molar-refractivity contribution in [2.24, 2.45) is 7.05 Å². The van der Waals surface area contributed by atoms with Gasteiger partial charge in [-0.15, -0.1) is 0 Å². The van der Waals surface area contributed by atoms with Gasteiger partial charge in [-0.2, -0.15) is 0 Å². The lowest BCUT2D eigenvalue weighted by atomic mass is 10.0. The SMILES string of the molecule is Cc1ccc(NC(=O)N2CCc3c(c4ccccc4n3C)C2)c(C)c1. The Kier molecular flexibility index (Phi) is 3.75. The van der Waals surface area contributed by atoms with Crippen molar-refractivity contribution in [3.63, 3.8) is 0 Å². The molecule has 0 atom stereocenters. The molecule has 2 aromatic carbocycles. The number of hydrogen-bond donors (Lipinski definition) is 1. The van der Waals surface area contributed by atoms with Crippen LogP contribution in [-0.2, 0) is 20.0 Å². The van der Waals surface area contributed by atoms with Crippen LogP contribution < -0.4 is 5.32 Å². The van der Waals surface area contributed by atoms with Crippen LogP contribution in [0.2, 0.25) is 0 Å². The molecule has 0 saturated carbocycles. The summed E-state index contributed by atoms with van der Waals surface area (Å²) >= 11 is 0. The van der Waals surface area contributed by atoms with Gasteiger partial charge in [0.2, 0.25) is 0 Å². The second-order valence-corrected chi connectivity index (χ2v) is 6.92. The molecule has 0 fully saturated rings. The van der Waals surface area contributed by atoms with Gasteiger partial charge < -0.3 is 14.8 Å². The summed E-state index contributed by atoms with van der Waals surface area (Å²) in [5.41, 5.74) is 7.05. The van der Waals surface area contributed by atoms with Gasteiger partial charge in [0, 0.05) is 54.4 Å². The van der Waals surface area contributed by atoms with Crippen molar-refractivity contribution >= 4 is 22.6 Å². The molecule has 0 radical (unpaired) electrons. The number of rotatable bonds is 1. The fourth-order valence-corrected chi connectivity index (χ4v) is 3.85. The molecule has 0 saturated heterocycles. The van der Waals surface area contributed by atoms with Gasteiger partial charge in [-0.25, -0.2) is 4.79 Å². The normalized spacial score (nSPS) is 13.8. The molecule has 4 heteroatoms. The molecule has 128 valence electrons. The first-order valence-corrected chi connectivity index (χ1v) is 8.73. The van der Waals surface area contributed by atoms with E-state index in [1.165, 1.54) is 27.7 Å². The first-order chi connectivity index (χ1) is 12.0. The summed E-state index contributed by atoms with van der Waals surface area (Å²) in [7, 11) is 2.12. The van der Waals surface area contributed by atoms with Crippen molar-refractivity contribution in [2.75, 3.05) is 11.9 Å². The third-order valence-corrected chi connectivity index (χ3v) is 5.22. The van der Waals surface area contributed by atoms with Crippen molar-refractivity contribution in [1.82, 2.24) is 9.47 Å². The fraction of sp³-hybridized carbons (Fsp3) is 0.286. The molecular formula is C21H23N3O. The number of amides is 2. The van der Waals surface area contributed by atoms with E-state index in [-0.39, 0.29) is 6.03 Å². The standard InChI is InChI=1S/C21H23N3O/c1-14-8-9-18(15(2)12-14)22-21(25)24-11-10-20-17(13-24)16-6-4-5-7-19(16)23(20)3/h4-9,12H,10-11,13H2,1-3H3,(H,22,25). The molecule has 0 aliphatic carbocycles. The molecule has 2 heterocycles. The van der Waals surface area contributed by atoms with Gasteiger partial charge in [0.05, 0.1) is 0 Å². The number of carbonyl (C=O) groups is 1. The van der Waals surface area contributed by atoms with E-state index in [1.54, 1.807) is 0 Å². The Morgan fingerprint density at radius 2 is 1.92 bits per heavy atom. The van der Waals surface area contributed by atoms with E-state index in [0.29, 0.717) is 6.54 Å². The molecule has 0 unspecified atom stereocenters. The van der Waals surface area contributed by atoms with Gasteiger partial charge >= 0.3 is 6.03 Å². The molecule has 3 aromatic rings. The van der Waals surface area contributed by atoms with Gasteiger partial charge in [0.15, 0.2) is 0 Å². The van der Waals surface area contributed by atoms with E-state index in [1.807, 2.05) is 24.0 Å². The number of para-hydroxylation sites is 1. The van der Waals surface area contributed by atoms with Crippen LogP contribution in [0.3, 0.4) is 0 Å². The van der Waals surface area contributed by atoms with Crippen LogP contribution in [0.15, 0.2) is 42.5 Å². The maximum atomic E-state index is 12.8. The zero-order chi connectivity index (χ0) is 17.6. The quantitative estimate of drug-likeness (QED) is 0.705. The summed E-state index contributed by atoms with van der Waals surface area (Å²) in [4.78, 5) is 14.7. The molecule has 0 bridgehead atoms. The fourth-order valence-electron chi connectivity index (χ4n) is 3.85. The first-order valence-electron chi connectivity index (χ1n) is 8.73. The number of fused-ring (bicyclic) bond motifs is 3. The number of hydrogen-bond acceptors (Lipinski definition) is 1. The van der Waals surface area contributed by atoms with E-state index in [9.17, 15) is 4.79 Å². The van der Waals surface area contributed by atoms with Crippen LogP contribution in [0, 0.1) is 13.8 Å². The highest BCUT2D eigenvalue weighted by Gasteiger charge is 2.25.